The molecule has 0 bridgehead atoms. The summed E-state index contributed by atoms with van der Waals surface area (Å²) in [7, 11) is 1.86. The largest absolute Gasteiger partial charge is 0.366 e. The fourth-order valence-electron chi connectivity index (χ4n) is 1.13. The lowest BCUT2D eigenvalue weighted by Crippen LogP contribution is -2.29. The molecule has 0 fully saturated rings. The minimum atomic E-state index is -0.344. The van der Waals surface area contributed by atoms with Crippen LogP contribution < -0.4 is 10.6 Å². The van der Waals surface area contributed by atoms with Crippen LogP contribution in [0.4, 0.5) is 10.2 Å². The highest BCUT2D eigenvalue weighted by Gasteiger charge is 2.09. The molecule has 84 valence electrons. The second-order valence-corrected chi connectivity index (χ2v) is 3.41. The molecule has 4 nitrogen and oxygen atoms in total. The molecule has 0 spiro atoms. The number of aryl methyl sites for hydroxylation is 1. The maximum absolute atomic E-state index is 13.6. The number of rotatable bonds is 5. The first-order valence-corrected chi connectivity index (χ1v) is 5.09. The molecule has 0 aliphatic rings. The molecule has 1 aromatic rings. The van der Waals surface area contributed by atoms with Crippen molar-refractivity contribution in [1.82, 2.24) is 15.3 Å². The monoisotopic (exact) mass is 212 g/mol. The van der Waals surface area contributed by atoms with E-state index in [1.165, 1.54) is 6.33 Å². The fraction of sp³-hybridized carbons (Fsp3) is 0.600. The second kappa shape index (κ2) is 5.60. The van der Waals surface area contributed by atoms with Crippen molar-refractivity contribution in [2.75, 3.05) is 18.9 Å². The molecule has 0 aliphatic heterocycles. The lowest BCUT2D eigenvalue weighted by Gasteiger charge is -2.12. The third kappa shape index (κ3) is 3.13. The van der Waals surface area contributed by atoms with Crippen molar-refractivity contribution in [2.24, 2.45) is 0 Å². The molecule has 0 amide bonds. The standard InChI is InChI=1S/C10H17FN4/c1-4-8-9(11)10(15-6-14-8)13-5-7(2)12-3/h6-7,12H,4-5H2,1-3H3,(H,13,14,15). The summed E-state index contributed by atoms with van der Waals surface area (Å²) in [5.41, 5.74) is 0.449. The van der Waals surface area contributed by atoms with Crippen LogP contribution in [0.3, 0.4) is 0 Å². The molecule has 2 N–H and O–H groups in total. The Morgan fingerprint density at radius 3 is 2.80 bits per heavy atom. The second-order valence-electron chi connectivity index (χ2n) is 3.41. The van der Waals surface area contributed by atoms with Gasteiger partial charge in [-0.25, -0.2) is 14.4 Å². The topological polar surface area (TPSA) is 49.8 Å². The smallest absolute Gasteiger partial charge is 0.186 e. The van der Waals surface area contributed by atoms with Crippen LogP contribution >= 0.6 is 0 Å². The highest BCUT2D eigenvalue weighted by Crippen LogP contribution is 2.12. The van der Waals surface area contributed by atoms with E-state index in [0.29, 0.717) is 18.7 Å². The molecule has 0 saturated heterocycles. The summed E-state index contributed by atoms with van der Waals surface area (Å²) in [6, 6.07) is 0.268. The number of hydrogen-bond acceptors (Lipinski definition) is 4. The normalized spacial score (nSPS) is 12.5. The van der Waals surface area contributed by atoms with Crippen molar-refractivity contribution in [1.29, 1.82) is 0 Å². The van der Waals surface area contributed by atoms with E-state index in [2.05, 4.69) is 20.6 Å². The Hall–Kier alpha value is -1.23. The van der Waals surface area contributed by atoms with Gasteiger partial charge in [-0.1, -0.05) is 6.92 Å². The Morgan fingerprint density at radius 1 is 1.47 bits per heavy atom. The Bertz CT molecular complexity index is 316. The van der Waals surface area contributed by atoms with Gasteiger partial charge in [-0.3, -0.25) is 0 Å². The maximum Gasteiger partial charge on any atom is 0.186 e. The predicted molar refractivity (Wildman–Crippen MR) is 58.4 cm³/mol. The molecule has 0 radical (unpaired) electrons. The van der Waals surface area contributed by atoms with Crippen LogP contribution in [-0.2, 0) is 6.42 Å². The highest BCUT2D eigenvalue weighted by molar-refractivity contribution is 5.37. The van der Waals surface area contributed by atoms with E-state index in [0.717, 1.165) is 0 Å². The summed E-state index contributed by atoms with van der Waals surface area (Å²) in [4.78, 5) is 7.73. The van der Waals surface area contributed by atoms with Gasteiger partial charge in [0.15, 0.2) is 11.6 Å². The third-order valence-corrected chi connectivity index (χ3v) is 2.27. The van der Waals surface area contributed by atoms with Crippen LogP contribution in [0.1, 0.15) is 19.5 Å². The summed E-state index contributed by atoms with van der Waals surface area (Å²) in [6.07, 6.45) is 1.96. The van der Waals surface area contributed by atoms with Crippen LogP contribution in [0.5, 0.6) is 0 Å². The van der Waals surface area contributed by atoms with E-state index in [9.17, 15) is 4.39 Å². The summed E-state index contributed by atoms with van der Waals surface area (Å²) >= 11 is 0. The van der Waals surface area contributed by atoms with E-state index in [1.807, 2.05) is 20.9 Å². The van der Waals surface area contributed by atoms with Gasteiger partial charge in [0.2, 0.25) is 0 Å². The molecule has 15 heavy (non-hydrogen) atoms. The first-order chi connectivity index (χ1) is 7.19. The van der Waals surface area contributed by atoms with E-state index in [1.54, 1.807) is 0 Å². The van der Waals surface area contributed by atoms with Gasteiger partial charge in [-0.15, -0.1) is 0 Å². The number of hydrogen-bond donors (Lipinski definition) is 2. The number of aromatic nitrogens is 2. The zero-order chi connectivity index (χ0) is 11.3. The Kier molecular flexibility index (Phi) is 4.42. The lowest BCUT2D eigenvalue weighted by molar-refractivity contribution is 0.589. The van der Waals surface area contributed by atoms with Crippen molar-refractivity contribution in [3.63, 3.8) is 0 Å². The van der Waals surface area contributed by atoms with Crippen LogP contribution in [-0.4, -0.2) is 29.6 Å². The molecule has 1 heterocycles. The molecular weight excluding hydrogens is 195 g/mol. The van der Waals surface area contributed by atoms with E-state index in [-0.39, 0.29) is 17.7 Å². The van der Waals surface area contributed by atoms with Gasteiger partial charge in [0.05, 0.1) is 5.69 Å². The number of halogens is 1. The van der Waals surface area contributed by atoms with Crippen molar-refractivity contribution < 1.29 is 4.39 Å². The lowest BCUT2D eigenvalue weighted by atomic mass is 10.3. The van der Waals surface area contributed by atoms with E-state index < -0.39 is 0 Å². The molecule has 0 saturated carbocycles. The van der Waals surface area contributed by atoms with Crippen LogP contribution in [0.15, 0.2) is 6.33 Å². The van der Waals surface area contributed by atoms with Gasteiger partial charge >= 0.3 is 0 Å². The van der Waals surface area contributed by atoms with Gasteiger partial charge in [-0.05, 0) is 20.4 Å². The summed E-state index contributed by atoms with van der Waals surface area (Å²) in [5.74, 6) is -0.0627. The molecule has 0 aliphatic carbocycles. The van der Waals surface area contributed by atoms with Crippen molar-refractivity contribution in [2.45, 2.75) is 26.3 Å². The first-order valence-electron chi connectivity index (χ1n) is 5.09. The van der Waals surface area contributed by atoms with Crippen LogP contribution in [0.2, 0.25) is 0 Å². The highest BCUT2D eigenvalue weighted by atomic mass is 19.1. The van der Waals surface area contributed by atoms with Crippen molar-refractivity contribution >= 4 is 5.82 Å². The summed E-state index contributed by atoms with van der Waals surface area (Å²) < 4.78 is 13.6. The van der Waals surface area contributed by atoms with Gasteiger partial charge in [0.1, 0.15) is 6.33 Å². The number of nitrogens with zero attached hydrogens (tertiary/aromatic N) is 2. The number of likely N-dealkylation sites (N-methyl/N-ethyl adjacent to an activating group) is 1. The van der Waals surface area contributed by atoms with Crippen LogP contribution in [0.25, 0.3) is 0 Å². The molecule has 5 heteroatoms. The average Bonchev–Trinajstić information content (AvgIpc) is 2.27. The Morgan fingerprint density at radius 2 is 2.20 bits per heavy atom. The van der Waals surface area contributed by atoms with Gasteiger partial charge < -0.3 is 10.6 Å². The third-order valence-electron chi connectivity index (χ3n) is 2.27. The number of anilines is 1. The molecule has 1 atom stereocenters. The molecule has 1 unspecified atom stereocenters. The van der Waals surface area contributed by atoms with Gasteiger partial charge in [0, 0.05) is 12.6 Å². The molecule has 1 aromatic heterocycles. The van der Waals surface area contributed by atoms with E-state index >= 15 is 0 Å². The minimum Gasteiger partial charge on any atom is -0.366 e. The predicted octanol–water partition coefficient (Wildman–Crippen LogP) is 1.20. The SMILES string of the molecule is CCc1ncnc(NCC(C)NC)c1F. The fourth-order valence-corrected chi connectivity index (χ4v) is 1.13. The number of nitrogens with one attached hydrogen (secondary N) is 2. The van der Waals surface area contributed by atoms with E-state index in [4.69, 9.17) is 0 Å². The minimum absolute atomic E-state index is 0.268. The zero-order valence-corrected chi connectivity index (χ0v) is 9.34. The molecule has 1 rings (SSSR count). The quantitative estimate of drug-likeness (QED) is 0.770. The van der Waals surface area contributed by atoms with Gasteiger partial charge in [0.25, 0.3) is 0 Å². The summed E-state index contributed by atoms with van der Waals surface area (Å²) in [5, 5.41) is 6.00. The Labute approximate surface area is 89.3 Å². The van der Waals surface area contributed by atoms with Crippen molar-refractivity contribution in [3.05, 3.63) is 17.8 Å². The zero-order valence-electron chi connectivity index (χ0n) is 9.34. The first kappa shape index (κ1) is 11.8. The summed E-state index contributed by atoms with van der Waals surface area (Å²) in [6.45, 7) is 4.51. The molecular formula is C10H17FN4. The Balaban J connectivity index is 2.68. The molecule has 0 aromatic carbocycles. The van der Waals surface area contributed by atoms with Gasteiger partial charge in [-0.2, -0.15) is 0 Å². The van der Waals surface area contributed by atoms with Crippen LogP contribution in [0, 0.1) is 5.82 Å². The average molecular weight is 212 g/mol. The maximum atomic E-state index is 13.6. The van der Waals surface area contributed by atoms with Crippen molar-refractivity contribution in [3.8, 4) is 0 Å².